The van der Waals surface area contributed by atoms with Crippen LogP contribution in [0.1, 0.15) is 19.4 Å². The molecule has 0 radical (unpaired) electrons. The molecule has 0 aliphatic carbocycles. The first-order valence-electron chi connectivity index (χ1n) is 8.33. The van der Waals surface area contributed by atoms with E-state index in [1.54, 1.807) is 6.21 Å². The first-order valence-corrected chi connectivity index (χ1v) is 9.59. The molecular weight excluding hydrogens is 366 g/mol. The highest BCUT2D eigenvalue weighted by molar-refractivity contribution is 7.14. The Morgan fingerprint density at radius 3 is 2.81 bits per heavy atom. The molecule has 1 aromatic heterocycles. The number of aromatic nitrogens is 1. The molecule has 0 amide bonds. The molecule has 0 spiro atoms. The molecule has 0 saturated carbocycles. The van der Waals surface area contributed by atoms with Gasteiger partial charge in [-0.05, 0) is 35.7 Å². The summed E-state index contributed by atoms with van der Waals surface area (Å²) in [5, 5.41) is 7.70. The van der Waals surface area contributed by atoms with Crippen LogP contribution in [0.25, 0.3) is 11.3 Å². The predicted octanol–water partition coefficient (Wildman–Crippen LogP) is 5.94. The van der Waals surface area contributed by atoms with Gasteiger partial charge >= 0.3 is 0 Å². The minimum atomic E-state index is 0.494. The zero-order chi connectivity index (χ0) is 18.4. The van der Waals surface area contributed by atoms with Crippen molar-refractivity contribution in [2.75, 3.05) is 12.0 Å². The van der Waals surface area contributed by atoms with Crippen LogP contribution in [0.2, 0.25) is 5.02 Å². The van der Waals surface area contributed by atoms with E-state index in [1.807, 2.05) is 53.9 Å². The molecule has 0 aliphatic heterocycles. The molecule has 1 heterocycles. The van der Waals surface area contributed by atoms with Gasteiger partial charge in [-0.1, -0.05) is 49.7 Å². The summed E-state index contributed by atoms with van der Waals surface area (Å²) in [6, 6.07) is 15.5. The fourth-order valence-corrected chi connectivity index (χ4v) is 2.98. The number of rotatable bonds is 7. The maximum atomic E-state index is 5.92. The second-order valence-corrected chi connectivity index (χ2v) is 7.49. The van der Waals surface area contributed by atoms with Gasteiger partial charge in [-0.2, -0.15) is 5.10 Å². The van der Waals surface area contributed by atoms with Crippen LogP contribution in [0.5, 0.6) is 5.75 Å². The minimum absolute atomic E-state index is 0.494. The SMILES string of the molecule is CC(C)COc1cccc(/C=N\Nc2nc(-c3ccc(Cl)cc3)cs2)c1. The van der Waals surface area contributed by atoms with Crippen molar-refractivity contribution in [3.05, 3.63) is 64.5 Å². The second kappa shape index (κ2) is 8.83. The molecule has 3 aromatic rings. The summed E-state index contributed by atoms with van der Waals surface area (Å²) in [5.41, 5.74) is 5.86. The summed E-state index contributed by atoms with van der Waals surface area (Å²) in [7, 11) is 0. The van der Waals surface area contributed by atoms with Crippen molar-refractivity contribution in [2.24, 2.45) is 11.0 Å². The number of nitrogens with zero attached hydrogens (tertiary/aromatic N) is 2. The minimum Gasteiger partial charge on any atom is -0.493 e. The van der Waals surface area contributed by atoms with Crippen LogP contribution >= 0.6 is 22.9 Å². The lowest BCUT2D eigenvalue weighted by atomic mass is 10.2. The van der Waals surface area contributed by atoms with E-state index >= 15 is 0 Å². The van der Waals surface area contributed by atoms with Gasteiger partial charge in [0.15, 0.2) is 0 Å². The van der Waals surface area contributed by atoms with E-state index in [-0.39, 0.29) is 0 Å². The molecule has 0 bridgehead atoms. The number of thiazole rings is 1. The highest BCUT2D eigenvalue weighted by atomic mass is 35.5. The Labute approximate surface area is 162 Å². The molecule has 26 heavy (non-hydrogen) atoms. The Bertz CT molecular complexity index is 875. The van der Waals surface area contributed by atoms with Gasteiger partial charge in [-0.3, -0.25) is 5.43 Å². The fourth-order valence-electron chi connectivity index (χ4n) is 2.19. The molecule has 0 saturated heterocycles. The van der Waals surface area contributed by atoms with E-state index in [1.165, 1.54) is 11.3 Å². The summed E-state index contributed by atoms with van der Waals surface area (Å²) < 4.78 is 5.73. The van der Waals surface area contributed by atoms with Gasteiger partial charge in [-0.25, -0.2) is 4.98 Å². The van der Waals surface area contributed by atoms with E-state index in [4.69, 9.17) is 16.3 Å². The van der Waals surface area contributed by atoms with Gasteiger partial charge in [0.1, 0.15) is 5.75 Å². The van der Waals surface area contributed by atoms with E-state index in [0.29, 0.717) is 17.5 Å². The number of ether oxygens (including phenoxy) is 1. The Hall–Kier alpha value is -2.37. The molecule has 0 fully saturated rings. The molecule has 134 valence electrons. The van der Waals surface area contributed by atoms with Crippen LogP contribution in [0, 0.1) is 5.92 Å². The van der Waals surface area contributed by atoms with Gasteiger partial charge in [0.25, 0.3) is 0 Å². The van der Waals surface area contributed by atoms with Crippen LogP contribution < -0.4 is 10.2 Å². The first-order chi connectivity index (χ1) is 12.6. The van der Waals surface area contributed by atoms with Gasteiger partial charge in [0.05, 0.1) is 18.5 Å². The number of hydrogen-bond acceptors (Lipinski definition) is 5. The van der Waals surface area contributed by atoms with Gasteiger partial charge in [0, 0.05) is 16.0 Å². The van der Waals surface area contributed by atoms with Gasteiger partial charge < -0.3 is 4.74 Å². The standard InChI is InChI=1S/C20H20ClN3OS/c1-14(2)12-25-18-5-3-4-15(10-18)11-22-24-20-23-19(13-26-20)16-6-8-17(21)9-7-16/h3-11,13-14H,12H2,1-2H3,(H,23,24)/b22-11-. The molecule has 0 atom stereocenters. The molecular formula is C20H20ClN3OS. The maximum absolute atomic E-state index is 5.92. The third kappa shape index (κ3) is 5.31. The van der Waals surface area contributed by atoms with E-state index in [0.717, 1.165) is 27.7 Å². The molecule has 0 aliphatic rings. The zero-order valence-electron chi connectivity index (χ0n) is 14.6. The Kier molecular flexibility index (Phi) is 6.26. The molecule has 6 heteroatoms. The van der Waals surface area contributed by atoms with Crippen molar-refractivity contribution in [1.29, 1.82) is 0 Å². The zero-order valence-corrected chi connectivity index (χ0v) is 16.2. The van der Waals surface area contributed by atoms with E-state index in [9.17, 15) is 0 Å². The van der Waals surface area contributed by atoms with Gasteiger partial charge in [-0.15, -0.1) is 11.3 Å². The Balaban J connectivity index is 1.60. The number of benzene rings is 2. The number of halogens is 1. The van der Waals surface area contributed by atoms with Crippen LogP contribution in [0.15, 0.2) is 59.0 Å². The highest BCUT2D eigenvalue weighted by Crippen LogP contribution is 2.26. The molecule has 0 unspecified atom stereocenters. The predicted molar refractivity (Wildman–Crippen MR) is 111 cm³/mol. The van der Waals surface area contributed by atoms with Crippen molar-refractivity contribution in [3.63, 3.8) is 0 Å². The van der Waals surface area contributed by atoms with Crippen LogP contribution in [-0.4, -0.2) is 17.8 Å². The van der Waals surface area contributed by atoms with Crippen LogP contribution in [0.3, 0.4) is 0 Å². The van der Waals surface area contributed by atoms with Crippen LogP contribution in [-0.2, 0) is 0 Å². The molecule has 3 rings (SSSR count). The normalized spacial score (nSPS) is 11.2. The van der Waals surface area contributed by atoms with Crippen molar-refractivity contribution in [2.45, 2.75) is 13.8 Å². The van der Waals surface area contributed by atoms with E-state index in [2.05, 4.69) is 29.4 Å². The lowest BCUT2D eigenvalue weighted by molar-refractivity contribution is 0.271. The summed E-state index contributed by atoms with van der Waals surface area (Å²) in [6.45, 7) is 4.95. The van der Waals surface area contributed by atoms with Gasteiger partial charge in [0.2, 0.25) is 5.13 Å². The van der Waals surface area contributed by atoms with Crippen molar-refractivity contribution in [1.82, 2.24) is 4.98 Å². The quantitative estimate of drug-likeness (QED) is 0.404. The first kappa shape index (κ1) is 18.4. The molecule has 2 aromatic carbocycles. The average molecular weight is 386 g/mol. The summed E-state index contributed by atoms with van der Waals surface area (Å²) in [5.74, 6) is 1.34. The molecule has 1 N–H and O–H groups in total. The maximum Gasteiger partial charge on any atom is 0.203 e. The topological polar surface area (TPSA) is 46.5 Å². The monoisotopic (exact) mass is 385 g/mol. The summed E-state index contributed by atoms with van der Waals surface area (Å²) in [4.78, 5) is 4.53. The smallest absolute Gasteiger partial charge is 0.203 e. The lowest BCUT2D eigenvalue weighted by Crippen LogP contribution is -2.04. The number of anilines is 1. The highest BCUT2D eigenvalue weighted by Gasteiger charge is 2.04. The number of hydrazone groups is 1. The van der Waals surface area contributed by atoms with E-state index < -0.39 is 0 Å². The summed E-state index contributed by atoms with van der Waals surface area (Å²) in [6.07, 6.45) is 1.76. The van der Waals surface area contributed by atoms with Crippen LogP contribution in [0.4, 0.5) is 5.13 Å². The van der Waals surface area contributed by atoms with Crippen molar-refractivity contribution < 1.29 is 4.74 Å². The fraction of sp³-hybridized carbons (Fsp3) is 0.200. The third-order valence-electron chi connectivity index (χ3n) is 3.46. The summed E-state index contributed by atoms with van der Waals surface area (Å²) >= 11 is 7.42. The van der Waals surface area contributed by atoms with Crippen molar-refractivity contribution in [3.8, 4) is 17.0 Å². The third-order valence-corrected chi connectivity index (χ3v) is 4.46. The Morgan fingerprint density at radius 1 is 1.23 bits per heavy atom. The number of nitrogens with one attached hydrogen (secondary N) is 1. The second-order valence-electron chi connectivity index (χ2n) is 6.19. The Morgan fingerprint density at radius 2 is 2.04 bits per heavy atom. The average Bonchev–Trinajstić information content (AvgIpc) is 3.10. The molecule has 4 nitrogen and oxygen atoms in total. The van der Waals surface area contributed by atoms with Crippen molar-refractivity contribution >= 4 is 34.3 Å². The number of hydrogen-bond donors (Lipinski definition) is 1. The largest absolute Gasteiger partial charge is 0.493 e. The lowest BCUT2D eigenvalue weighted by Gasteiger charge is -2.08.